The van der Waals surface area contributed by atoms with Crippen molar-refractivity contribution in [3.63, 3.8) is 0 Å². The molecule has 2 aliphatic rings. The minimum atomic E-state index is -0.138. The lowest BCUT2D eigenvalue weighted by Gasteiger charge is -2.41. The lowest BCUT2D eigenvalue weighted by Crippen LogP contribution is -2.55. The monoisotopic (exact) mass is 369 g/mol. The van der Waals surface area contributed by atoms with Crippen LogP contribution in [0.5, 0.6) is 0 Å². The maximum atomic E-state index is 11.8. The Kier molecular flexibility index (Phi) is 4.49. The van der Waals surface area contributed by atoms with Gasteiger partial charge in [-0.3, -0.25) is 9.69 Å². The van der Waals surface area contributed by atoms with Gasteiger partial charge in [0.25, 0.3) is 0 Å². The van der Waals surface area contributed by atoms with E-state index in [1.165, 1.54) is 0 Å². The molecule has 2 atom stereocenters. The van der Waals surface area contributed by atoms with Crippen LogP contribution in [0.4, 0.5) is 11.5 Å². The first-order valence-corrected chi connectivity index (χ1v) is 8.32. The SMILES string of the molecule is CCOC(=O)CN1C2CCC1CN(c1cc(Br)nnc1N)C2. The van der Waals surface area contributed by atoms with Crippen molar-refractivity contribution < 1.29 is 9.53 Å². The van der Waals surface area contributed by atoms with Crippen molar-refractivity contribution >= 4 is 33.4 Å². The summed E-state index contributed by atoms with van der Waals surface area (Å²) in [5.74, 6) is 0.308. The van der Waals surface area contributed by atoms with Gasteiger partial charge in [0.05, 0.1) is 18.8 Å². The maximum Gasteiger partial charge on any atom is 0.320 e. The molecule has 7 nitrogen and oxygen atoms in total. The number of esters is 1. The van der Waals surface area contributed by atoms with Crippen molar-refractivity contribution in [2.45, 2.75) is 31.8 Å². The smallest absolute Gasteiger partial charge is 0.320 e. The van der Waals surface area contributed by atoms with Gasteiger partial charge in [0.15, 0.2) is 5.82 Å². The summed E-state index contributed by atoms with van der Waals surface area (Å²) in [5.41, 5.74) is 6.87. The summed E-state index contributed by atoms with van der Waals surface area (Å²) in [4.78, 5) is 16.3. The third-order valence-corrected chi connectivity index (χ3v) is 4.75. The molecule has 0 aromatic carbocycles. The van der Waals surface area contributed by atoms with Crippen LogP contribution in [0.25, 0.3) is 0 Å². The van der Waals surface area contributed by atoms with E-state index in [0.717, 1.165) is 31.6 Å². The zero-order valence-corrected chi connectivity index (χ0v) is 14.1. The molecule has 3 rings (SSSR count). The summed E-state index contributed by atoms with van der Waals surface area (Å²) in [6.07, 6.45) is 2.19. The molecule has 2 N–H and O–H groups in total. The molecule has 2 fully saturated rings. The number of aromatic nitrogens is 2. The molecule has 0 saturated carbocycles. The van der Waals surface area contributed by atoms with E-state index in [9.17, 15) is 4.79 Å². The Bertz CT molecular complexity index is 556. The van der Waals surface area contributed by atoms with Gasteiger partial charge in [0.1, 0.15) is 4.60 Å². The fraction of sp³-hybridized carbons (Fsp3) is 0.643. The summed E-state index contributed by atoms with van der Waals surface area (Å²) in [6, 6.07) is 2.62. The number of carbonyl (C=O) groups excluding carboxylic acids is 1. The summed E-state index contributed by atoms with van der Waals surface area (Å²) < 4.78 is 5.76. The Hall–Kier alpha value is -1.41. The fourth-order valence-electron chi connectivity index (χ4n) is 3.42. The van der Waals surface area contributed by atoms with Gasteiger partial charge in [-0.15, -0.1) is 10.2 Å². The van der Waals surface area contributed by atoms with Crippen molar-refractivity contribution in [2.24, 2.45) is 0 Å². The molecule has 1 aromatic rings. The van der Waals surface area contributed by atoms with E-state index in [0.29, 0.717) is 35.7 Å². The Morgan fingerprint density at radius 1 is 1.41 bits per heavy atom. The fourth-order valence-corrected chi connectivity index (χ4v) is 3.72. The zero-order valence-electron chi connectivity index (χ0n) is 12.5. The number of fused-ring (bicyclic) bond motifs is 2. The molecule has 1 aromatic heterocycles. The van der Waals surface area contributed by atoms with Crippen LogP contribution in [-0.2, 0) is 9.53 Å². The highest BCUT2D eigenvalue weighted by Crippen LogP contribution is 2.34. The average Bonchev–Trinajstić information content (AvgIpc) is 2.72. The minimum Gasteiger partial charge on any atom is -0.465 e. The Morgan fingerprint density at radius 3 is 2.73 bits per heavy atom. The highest BCUT2D eigenvalue weighted by molar-refractivity contribution is 9.10. The molecule has 22 heavy (non-hydrogen) atoms. The number of carbonyl (C=O) groups is 1. The molecule has 0 amide bonds. The van der Waals surface area contributed by atoms with Crippen LogP contribution in [0.1, 0.15) is 19.8 Å². The van der Waals surface area contributed by atoms with Crippen LogP contribution < -0.4 is 10.6 Å². The Morgan fingerprint density at radius 2 is 2.09 bits per heavy atom. The lowest BCUT2D eigenvalue weighted by molar-refractivity contribution is -0.145. The van der Waals surface area contributed by atoms with E-state index in [4.69, 9.17) is 10.5 Å². The lowest BCUT2D eigenvalue weighted by atomic mass is 10.1. The first kappa shape index (κ1) is 15.5. The van der Waals surface area contributed by atoms with Gasteiger partial charge in [-0.25, -0.2) is 0 Å². The molecule has 0 aliphatic carbocycles. The number of ether oxygens (including phenoxy) is 1. The van der Waals surface area contributed by atoms with Crippen LogP contribution in [0.15, 0.2) is 10.7 Å². The average molecular weight is 370 g/mol. The van der Waals surface area contributed by atoms with Gasteiger partial charge in [0, 0.05) is 25.2 Å². The highest BCUT2D eigenvalue weighted by Gasteiger charge is 2.41. The molecule has 0 radical (unpaired) electrons. The number of piperazine rings is 1. The molecule has 2 unspecified atom stereocenters. The molecular formula is C14H20BrN5O2. The summed E-state index contributed by atoms with van der Waals surface area (Å²) >= 11 is 3.34. The largest absolute Gasteiger partial charge is 0.465 e. The molecule has 0 spiro atoms. The van der Waals surface area contributed by atoms with Crippen LogP contribution in [0.2, 0.25) is 0 Å². The number of rotatable bonds is 4. The standard InChI is InChI=1S/C14H20BrN5O2/c1-2-22-13(21)8-20-9-3-4-10(20)7-19(6-9)11-5-12(15)17-18-14(11)16/h5,9-10H,2-4,6-8H2,1H3,(H2,16,18). The number of halogens is 1. The molecule has 2 aliphatic heterocycles. The summed E-state index contributed by atoms with van der Waals surface area (Å²) in [7, 11) is 0. The topological polar surface area (TPSA) is 84.6 Å². The molecule has 120 valence electrons. The van der Waals surface area contributed by atoms with Gasteiger partial charge in [-0.2, -0.15) is 0 Å². The molecule has 3 heterocycles. The van der Waals surface area contributed by atoms with E-state index in [1.807, 2.05) is 13.0 Å². The second-order valence-corrected chi connectivity index (χ2v) is 6.52. The predicted molar refractivity (Wildman–Crippen MR) is 86.5 cm³/mol. The second kappa shape index (κ2) is 6.37. The van der Waals surface area contributed by atoms with Crippen LogP contribution >= 0.6 is 15.9 Å². The number of hydrogen-bond donors (Lipinski definition) is 1. The summed E-state index contributed by atoms with van der Waals surface area (Å²) in [5, 5.41) is 7.87. The van der Waals surface area contributed by atoms with Crippen molar-refractivity contribution in [2.75, 3.05) is 36.9 Å². The van der Waals surface area contributed by atoms with E-state index >= 15 is 0 Å². The van der Waals surface area contributed by atoms with Crippen molar-refractivity contribution in [3.05, 3.63) is 10.7 Å². The van der Waals surface area contributed by atoms with Gasteiger partial charge in [0.2, 0.25) is 0 Å². The third kappa shape index (κ3) is 3.03. The number of nitrogens with zero attached hydrogens (tertiary/aromatic N) is 4. The zero-order chi connectivity index (χ0) is 15.7. The van der Waals surface area contributed by atoms with Crippen molar-refractivity contribution in [1.29, 1.82) is 0 Å². The van der Waals surface area contributed by atoms with E-state index < -0.39 is 0 Å². The minimum absolute atomic E-state index is 0.138. The third-order valence-electron chi connectivity index (χ3n) is 4.36. The number of anilines is 2. The second-order valence-electron chi connectivity index (χ2n) is 5.70. The Labute approximate surface area is 137 Å². The molecule has 2 saturated heterocycles. The van der Waals surface area contributed by atoms with Gasteiger partial charge < -0.3 is 15.4 Å². The number of hydrogen-bond acceptors (Lipinski definition) is 7. The van der Waals surface area contributed by atoms with E-state index in [1.54, 1.807) is 0 Å². The van der Waals surface area contributed by atoms with Gasteiger partial charge in [-0.05, 0) is 41.8 Å². The predicted octanol–water partition coefficient (Wildman–Crippen LogP) is 1.04. The summed E-state index contributed by atoms with van der Waals surface area (Å²) in [6.45, 7) is 4.34. The van der Waals surface area contributed by atoms with Crippen LogP contribution in [0, 0.1) is 0 Å². The molecule has 2 bridgehead atoms. The normalized spacial score (nSPS) is 24.5. The maximum absolute atomic E-state index is 11.8. The van der Waals surface area contributed by atoms with Gasteiger partial charge in [-0.1, -0.05) is 0 Å². The number of nitrogens with two attached hydrogens (primary N) is 1. The van der Waals surface area contributed by atoms with E-state index in [-0.39, 0.29) is 5.97 Å². The highest BCUT2D eigenvalue weighted by atomic mass is 79.9. The molecular weight excluding hydrogens is 350 g/mol. The first-order chi connectivity index (χ1) is 10.6. The van der Waals surface area contributed by atoms with Crippen LogP contribution in [-0.4, -0.2) is 59.4 Å². The molecule has 8 heteroatoms. The van der Waals surface area contributed by atoms with Gasteiger partial charge >= 0.3 is 5.97 Å². The Balaban J connectivity index is 1.72. The first-order valence-electron chi connectivity index (χ1n) is 7.53. The quantitative estimate of drug-likeness (QED) is 0.793. The van der Waals surface area contributed by atoms with Crippen molar-refractivity contribution in [3.8, 4) is 0 Å². The van der Waals surface area contributed by atoms with E-state index in [2.05, 4.69) is 35.9 Å². The number of nitrogen functional groups attached to an aromatic ring is 1. The van der Waals surface area contributed by atoms with Crippen LogP contribution in [0.3, 0.4) is 0 Å². The van der Waals surface area contributed by atoms with Crippen molar-refractivity contribution in [1.82, 2.24) is 15.1 Å².